The van der Waals surface area contributed by atoms with Crippen LogP contribution in [0.2, 0.25) is 0 Å². The van der Waals surface area contributed by atoms with Gasteiger partial charge in [-0.2, -0.15) is 0 Å². The van der Waals surface area contributed by atoms with Crippen molar-refractivity contribution in [1.82, 2.24) is 10.3 Å². The molecule has 5 nitrogen and oxygen atoms in total. The molecular weight excluding hydrogens is 364 g/mol. The molecule has 0 aliphatic heterocycles. The van der Waals surface area contributed by atoms with E-state index in [4.69, 9.17) is 14.2 Å². The fourth-order valence-corrected chi connectivity index (χ4v) is 2.94. The van der Waals surface area contributed by atoms with Gasteiger partial charge in [-0.15, -0.1) is 0 Å². The van der Waals surface area contributed by atoms with Gasteiger partial charge < -0.3 is 19.5 Å². The van der Waals surface area contributed by atoms with Crippen molar-refractivity contribution in [3.63, 3.8) is 0 Å². The number of benzene rings is 2. The predicted octanol–water partition coefficient (Wildman–Crippen LogP) is 4.54. The average Bonchev–Trinajstić information content (AvgIpc) is 2.76. The maximum atomic E-state index is 5.96. The van der Waals surface area contributed by atoms with Gasteiger partial charge >= 0.3 is 0 Å². The Kier molecular flexibility index (Phi) is 7.90. The molecule has 0 radical (unpaired) electrons. The summed E-state index contributed by atoms with van der Waals surface area (Å²) in [7, 11) is 1.67. The van der Waals surface area contributed by atoms with E-state index >= 15 is 0 Å². The summed E-state index contributed by atoms with van der Waals surface area (Å²) in [6.07, 6.45) is 2.64. The Morgan fingerprint density at radius 1 is 0.897 bits per heavy atom. The Morgan fingerprint density at radius 2 is 1.83 bits per heavy atom. The summed E-state index contributed by atoms with van der Waals surface area (Å²) in [5.41, 5.74) is 3.52. The number of rotatable bonds is 11. The van der Waals surface area contributed by atoms with Gasteiger partial charge in [-0.1, -0.05) is 42.0 Å². The van der Waals surface area contributed by atoms with Crippen LogP contribution in [0.1, 0.15) is 23.1 Å². The van der Waals surface area contributed by atoms with Crippen molar-refractivity contribution < 1.29 is 14.2 Å². The van der Waals surface area contributed by atoms with Gasteiger partial charge in [0.2, 0.25) is 5.88 Å². The molecule has 2 aromatic carbocycles. The van der Waals surface area contributed by atoms with Crippen molar-refractivity contribution >= 4 is 0 Å². The molecule has 1 N–H and O–H groups in total. The van der Waals surface area contributed by atoms with E-state index in [2.05, 4.69) is 41.5 Å². The molecule has 0 bridgehead atoms. The summed E-state index contributed by atoms with van der Waals surface area (Å²) in [4.78, 5) is 4.14. The van der Waals surface area contributed by atoms with Crippen LogP contribution in [0.4, 0.5) is 0 Å². The summed E-state index contributed by atoms with van der Waals surface area (Å²) in [6, 6.07) is 20.0. The molecule has 3 aromatic rings. The van der Waals surface area contributed by atoms with Crippen molar-refractivity contribution in [2.24, 2.45) is 0 Å². The molecule has 1 heterocycles. The molecule has 1 aromatic heterocycles. The number of methoxy groups -OCH3 is 1. The second-order valence-corrected chi connectivity index (χ2v) is 6.81. The molecule has 0 unspecified atom stereocenters. The van der Waals surface area contributed by atoms with E-state index in [0.29, 0.717) is 19.1 Å². The number of pyridine rings is 1. The third kappa shape index (κ3) is 6.80. The molecule has 0 saturated carbocycles. The fourth-order valence-electron chi connectivity index (χ4n) is 2.94. The Morgan fingerprint density at radius 3 is 2.62 bits per heavy atom. The number of aryl methyl sites for hydroxylation is 1. The zero-order valence-electron chi connectivity index (χ0n) is 17.1. The second-order valence-electron chi connectivity index (χ2n) is 6.81. The summed E-state index contributed by atoms with van der Waals surface area (Å²) >= 11 is 0. The molecule has 0 aliphatic carbocycles. The summed E-state index contributed by atoms with van der Waals surface area (Å²) < 4.78 is 17.1. The summed E-state index contributed by atoms with van der Waals surface area (Å²) in [6.45, 7) is 4.86. The Bertz CT molecular complexity index is 884. The molecule has 3 rings (SSSR count). The van der Waals surface area contributed by atoms with Gasteiger partial charge in [0.15, 0.2) is 11.5 Å². The van der Waals surface area contributed by atoms with Crippen molar-refractivity contribution in [3.05, 3.63) is 83.6 Å². The van der Waals surface area contributed by atoms with Crippen LogP contribution in [0.25, 0.3) is 0 Å². The van der Waals surface area contributed by atoms with Crippen LogP contribution in [-0.4, -0.2) is 25.2 Å². The van der Waals surface area contributed by atoms with Gasteiger partial charge in [0.25, 0.3) is 0 Å². The number of ether oxygens (including phenoxy) is 3. The molecule has 0 aliphatic rings. The molecule has 152 valence electrons. The lowest BCUT2D eigenvalue weighted by atomic mass is 10.1. The van der Waals surface area contributed by atoms with Crippen molar-refractivity contribution in [2.75, 3.05) is 20.3 Å². The van der Waals surface area contributed by atoms with E-state index in [0.717, 1.165) is 42.1 Å². The van der Waals surface area contributed by atoms with Gasteiger partial charge in [-0.05, 0) is 49.2 Å². The van der Waals surface area contributed by atoms with Gasteiger partial charge in [0, 0.05) is 18.8 Å². The molecule has 0 spiro atoms. The number of aromatic nitrogens is 1. The first-order chi connectivity index (χ1) is 14.2. The molecular formula is C24H28N2O3. The zero-order chi connectivity index (χ0) is 20.3. The van der Waals surface area contributed by atoms with Gasteiger partial charge in [-0.25, -0.2) is 4.98 Å². The monoisotopic (exact) mass is 392 g/mol. The van der Waals surface area contributed by atoms with Crippen LogP contribution in [0.15, 0.2) is 66.9 Å². The minimum atomic E-state index is 0.520. The average molecular weight is 392 g/mol. The normalized spacial score (nSPS) is 10.6. The zero-order valence-corrected chi connectivity index (χ0v) is 17.1. The lowest BCUT2D eigenvalue weighted by Crippen LogP contribution is -2.17. The van der Waals surface area contributed by atoms with Crippen molar-refractivity contribution in [2.45, 2.75) is 26.5 Å². The van der Waals surface area contributed by atoms with E-state index in [1.165, 1.54) is 5.56 Å². The van der Waals surface area contributed by atoms with Crippen molar-refractivity contribution in [3.8, 4) is 17.4 Å². The smallest absolute Gasteiger partial charge is 0.213 e. The lowest BCUT2D eigenvalue weighted by Gasteiger charge is -2.13. The second kappa shape index (κ2) is 11.1. The van der Waals surface area contributed by atoms with Crippen LogP contribution >= 0.6 is 0 Å². The van der Waals surface area contributed by atoms with Gasteiger partial charge in [0.1, 0.15) is 6.61 Å². The number of hydrogen-bond donors (Lipinski definition) is 1. The van der Waals surface area contributed by atoms with Crippen LogP contribution in [-0.2, 0) is 13.2 Å². The van der Waals surface area contributed by atoms with Crippen LogP contribution in [0.3, 0.4) is 0 Å². The maximum Gasteiger partial charge on any atom is 0.213 e. The molecule has 0 fully saturated rings. The lowest BCUT2D eigenvalue weighted by molar-refractivity contribution is 0.284. The Hall–Kier alpha value is -3.05. The first-order valence-corrected chi connectivity index (χ1v) is 9.84. The highest BCUT2D eigenvalue weighted by Crippen LogP contribution is 2.29. The van der Waals surface area contributed by atoms with E-state index in [9.17, 15) is 0 Å². The minimum absolute atomic E-state index is 0.520. The number of nitrogens with one attached hydrogen (secondary N) is 1. The van der Waals surface area contributed by atoms with E-state index in [1.807, 2.05) is 36.4 Å². The van der Waals surface area contributed by atoms with E-state index in [1.54, 1.807) is 13.3 Å². The van der Waals surface area contributed by atoms with Crippen LogP contribution in [0.5, 0.6) is 17.4 Å². The standard InChI is InChI=1S/C24H28N2O3/c1-19-7-5-8-21(15-19)18-29-22-11-10-20(16-23(22)27-2)17-25-12-6-14-28-24-9-3-4-13-26-24/h3-5,7-11,13,15-16,25H,6,12,14,17-18H2,1-2H3. The van der Waals surface area contributed by atoms with Gasteiger partial charge in [0.05, 0.1) is 13.7 Å². The molecule has 0 atom stereocenters. The highest BCUT2D eigenvalue weighted by Gasteiger charge is 2.06. The van der Waals surface area contributed by atoms with Crippen LogP contribution < -0.4 is 19.5 Å². The minimum Gasteiger partial charge on any atom is -0.493 e. The highest BCUT2D eigenvalue weighted by molar-refractivity contribution is 5.43. The Balaban J connectivity index is 1.42. The number of nitrogens with zero attached hydrogens (tertiary/aromatic N) is 1. The summed E-state index contributed by atoms with van der Waals surface area (Å²) in [5, 5.41) is 3.43. The SMILES string of the molecule is COc1cc(CNCCCOc2ccccn2)ccc1OCc1cccc(C)c1. The first-order valence-electron chi connectivity index (χ1n) is 9.84. The number of hydrogen-bond acceptors (Lipinski definition) is 5. The quantitative estimate of drug-likeness (QED) is 0.486. The predicted molar refractivity (Wildman–Crippen MR) is 115 cm³/mol. The fraction of sp³-hybridized carbons (Fsp3) is 0.292. The third-order valence-corrected chi connectivity index (χ3v) is 4.42. The Labute approximate surface area is 172 Å². The largest absolute Gasteiger partial charge is 0.493 e. The molecule has 5 heteroatoms. The van der Waals surface area contributed by atoms with E-state index < -0.39 is 0 Å². The molecule has 0 saturated heterocycles. The van der Waals surface area contributed by atoms with Crippen LogP contribution in [0, 0.1) is 6.92 Å². The van der Waals surface area contributed by atoms with E-state index in [-0.39, 0.29) is 0 Å². The molecule has 29 heavy (non-hydrogen) atoms. The first kappa shape index (κ1) is 20.7. The highest BCUT2D eigenvalue weighted by atomic mass is 16.5. The maximum absolute atomic E-state index is 5.96. The van der Waals surface area contributed by atoms with Gasteiger partial charge in [-0.3, -0.25) is 0 Å². The molecule has 0 amide bonds. The topological polar surface area (TPSA) is 52.6 Å². The van der Waals surface area contributed by atoms with Crippen molar-refractivity contribution in [1.29, 1.82) is 0 Å². The summed E-state index contributed by atoms with van der Waals surface area (Å²) in [5.74, 6) is 2.16. The third-order valence-electron chi connectivity index (χ3n) is 4.42.